The normalized spacial score (nSPS) is 11.7. The third-order valence-corrected chi connectivity index (χ3v) is 3.78. The summed E-state index contributed by atoms with van der Waals surface area (Å²) in [5.41, 5.74) is 2.60. The summed E-state index contributed by atoms with van der Waals surface area (Å²) in [5.74, 6) is -1.67. The molecule has 1 aromatic heterocycles. The van der Waals surface area contributed by atoms with Crippen LogP contribution < -0.4 is 5.32 Å². The summed E-state index contributed by atoms with van der Waals surface area (Å²) in [4.78, 5) is 23.9. The molecule has 0 aliphatic heterocycles. The Morgan fingerprint density at radius 3 is 2.36 bits per heavy atom. The summed E-state index contributed by atoms with van der Waals surface area (Å²) < 4.78 is 1.58. The lowest BCUT2D eigenvalue weighted by Crippen LogP contribution is -2.34. The number of amides is 1. The molecule has 3 rings (SSSR count). The highest BCUT2D eigenvalue weighted by Gasteiger charge is 2.23. The maximum absolute atomic E-state index is 12.4. The molecule has 3 aromatic rings. The molecule has 0 fully saturated rings. The summed E-state index contributed by atoms with van der Waals surface area (Å²) in [6.07, 6.45) is 1.66. The number of carboxylic acids is 1. The van der Waals surface area contributed by atoms with Crippen molar-refractivity contribution in [1.82, 2.24) is 15.1 Å². The zero-order chi connectivity index (χ0) is 17.8. The van der Waals surface area contributed by atoms with E-state index in [2.05, 4.69) is 10.4 Å². The van der Waals surface area contributed by atoms with Gasteiger partial charge in [-0.05, 0) is 30.7 Å². The molecule has 0 spiro atoms. The Balaban J connectivity index is 1.79. The quantitative estimate of drug-likeness (QED) is 0.751. The fraction of sp³-hybridized carbons (Fsp3) is 0.105. The molecule has 2 N–H and O–H groups in total. The van der Waals surface area contributed by atoms with Gasteiger partial charge in [-0.15, -0.1) is 0 Å². The average molecular weight is 335 g/mol. The van der Waals surface area contributed by atoms with Gasteiger partial charge in [-0.2, -0.15) is 5.10 Å². The van der Waals surface area contributed by atoms with Gasteiger partial charge < -0.3 is 10.4 Å². The molecule has 0 bridgehead atoms. The number of carboxylic acid groups (broad SMARTS) is 1. The van der Waals surface area contributed by atoms with Crippen LogP contribution in [0.5, 0.6) is 0 Å². The van der Waals surface area contributed by atoms with E-state index in [0.717, 1.165) is 11.3 Å². The van der Waals surface area contributed by atoms with Crippen molar-refractivity contribution in [2.24, 2.45) is 0 Å². The number of carbonyl (C=O) groups is 2. The monoisotopic (exact) mass is 335 g/mol. The van der Waals surface area contributed by atoms with Crippen LogP contribution in [-0.2, 0) is 4.79 Å². The molecular weight excluding hydrogens is 318 g/mol. The summed E-state index contributed by atoms with van der Waals surface area (Å²) in [6.45, 7) is 1.99. The lowest BCUT2D eigenvalue weighted by atomic mass is 10.1. The van der Waals surface area contributed by atoms with Crippen LogP contribution in [-0.4, -0.2) is 26.8 Å². The molecule has 126 valence electrons. The molecule has 25 heavy (non-hydrogen) atoms. The van der Waals surface area contributed by atoms with Crippen LogP contribution in [0.25, 0.3) is 5.69 Å². The van der Waals surface area contributed by atoms with Crippen LogP contribution in [0.15, 0.2) is 66.9 Å². The number of nitrogens with zero attached hydrogens (tertiary/aromatic N) is 2. The molecule has 0 aliphatic rings. The predicted molar refractivity (Wildman–Crippen MR) is 92.6 cm³/mol. The first-order valence-corrected chi connectivity index (χ1v) is 7.76. The van der Waals surface area contributed by atoms with Gasteiger partial charge in [-0.1, -0.05) is 48.0 Å². The number of aryl methyl sites for hydroxylation is 1. The molecule has 6 heteroatoms. The van der Waals surface area contributed by atoms with Gasteiger partial charge in [-0.25, -0.2) is 9.48 Å². The molecule has 1 atom stereocenters. The Morgan fingerprint density at radius 2 is 1.72 bits per heavy atom. The molecule has 0 saturated carbocycles. The van der Waals surface area contributed by atoms with E-state index in [1.54, 1.807) is 47.3 Å². The third-order valence-electron chi connectivity index (χ3n) is 3.78. The Hall–Kier alpha value is -3.41. The molecule has 2 aromatic carbocycles. The van der Waals surface area contributed by atoms with E-state index in [1.165, 1.54) is 0 Å². The number of carbonyl (C=O) groups excluding carboxylic acids is 1. The van der Waals surface area contributed by atoms with E-state index >= 15 is 0 Å². The van der Waals surface area contributed by atoms with Gasteiger partial charge in [-0.3, -0.25) is 4.79 Å². The van der Waals surface area contributed by atoms with Crippen LogP contribution in [0.1, 0.15) is 27.7 Å². The van der Waals surface area contributed by atoms with Gasteiger partial charge in [0, 0.05) is 6.20 Å². The number of hydrogen-bond acceptors (Lipinski definition) is 3. The van der Waals surface area contributed by atoms with E-state index in [4.69, 9.17) is 0 Å². The van der Waals surface area contributed by atoms with Crippen molar-refractivity contribution < 1.29 is 14.7 Å². The first-order chi connectivity index (χ1) is 12.0. The van der Waals surface area contributed by atoms with Crippen molar-refractivity contribution in [3.63, 3.8) is 0 Å². The third kappa shape index (κ3) is 3.74. The molecular formula is C19H17N3O3. The standard InChI is InChI=1S/C19H17N3O3/c1-13-7-9-15(10-8-13)22-12-11-16(21-22)18(23)20-17(19(24)25)14-5-3-2-4-6-14/h2-12,17H,1H3,(H,20,23)(H,24,25). The van der Waals surface area contributed by atoms with E-state index in [1.807, 2.05) is 31.2 Å². The van der Waals surface area contributed by atoms with Crippen molar-refractivity contribution in [3.8, 4) is 5.69 Å². The van der Waals surface area contributed by atoms with Crippen LogP contribution >= 0.6 is 0 Å². The number of aromatic nitrogens is 2. The minimum absolute atomic E-state index is 0.155. The Labute approximate surface area is 144 Å². The van der Waals surface area contributed by atoms with E-state index in [9.17, 15) is 14.7 Å². The zero-order valence-electron chi connectivity index (χ0n) is 13.6. The molecule has 1 heterocycles. The Kier molecular flexibility index (Phi) is 4.61. The van der Waals surface area contributed by atoms with Crippen LogP contribution in [0.2, 0.25) is 0 Å². The van der Waals surface area contributed by atoms with Gasteiger partial charge in [0.25, 0.3) is 5.91 Å². The number of rotatable bonds is 5. The first-order valence-electron chi connectivity index (χ1n) is 7.76. The number of nitrogens with one attached hydrogen (secondary N) is 1. The second-order valence-electron chi connectivity index (χ2n) is 5.64. The number of aliphatic carboxylic acids is 1. The molecule has 0 aliphatic carbocycles. The van der Waals surface area contributed by atoms with Crippen LogP contribution in [0, 0.1) is 6.92 Å². The number of hydrogen-bond donors (Lipinski definition) is 2. The smallest absolute Gasteiger partial charge is 0.330 e. The molecule has 6 nitrogen and oxygen atoms in total. The van der Waals surface area contributed by atoms with Gasteiger partial charge in [0.05, 0.1) is 5.69 Å². The lowest BCUT2D eigenvalue weighted by Gasteiger charge is -2.13. The minimum Gasteiger partial charge on any atom is -0.479 e. The fourth-order valence-corrected chi connectivity index (χ4v) is 2.42. The maximum Gasteiger partial charge on any atom is 0.330 e. The van der Waals surface area contributed by atoms with E-state index in [-0.39, 0.29) is 5.69 Å². The summed E-state index contributed by atoms with van der Waals surface area (Å²) in [5, 5.41) is 16.1. The van der Waals surface area contributed by atoms with Gasteiger partial charge in [0.1, 0.15) is 0 Å². The highest BCUT2D eigenvalue weighted by atomic mass is 16.4. The average Bonchev–Trinajstić information content (AvgIpc) is 3.11. The van der Waals surface area contributed by atoms with Crippen molar-refractivity contribution in [2.75, 3.05) is 0 Å². The van der Waals surface area contributed by atoms with Crippen molar-refractivity contribution in [1.29, 1.82) is 0 Å². The summed E-state index contributed by atoms with van der Waals surface area (Å²) in [6, 6.07) is 16.7. The molecule has 1 amide bonds. The van der Waals surface area contributed by atoms with E-state index in [0.29, 0.717) is 5.56 Å². The molecule has 1 unspecified atom stereocenters. The Bertz CT molecular complexity index is 886. The number of benzene rings is 2. The Morgan fingerprint density at radius 1 is 1.04 bits per heavy atom. The first kappa shape index (κ1) is 16.4. The van der Waals surface area contributed by atoms with Gasteiger partial charge >= 0.3 is 5.97 Å². The van der Waals surface area contributed by atoms with Crippen molar-refractivity contribution in [2.45, 2.75) is 13.0 Å². The fourth-order valence-electron chi connectivity index (χ4n) is 2.42. The predicted octanol–water partition coefficient (Wildman–Crippen LogP) is 2.74. The van der Waals surface area contributed by atoms with Crippen molar-refractivity contribution >= 4 is 11.9 Å². The largest absolute Gasteiger partial charge is 0.479 e. The summed E-state index contributed by atoms with van der Waals surface area (Å²) in [7, 11) is 0. The van der Waals surface area contributed by atoms with Crippen LogP contribution in [0.3, 0.4) is 0 Å². The maximum atomic E-state index is 12.4. The van der Waals surface area contributed by atoms with Gasteiger partial charge in [0.2, 0.25) is 0 Å². The van der Waals surface area contributed by atoms with Crippen LogP contribution in [0.4, 0.5) is 0 Å². The second kappa shape index (κ2) is 7.00. The topological polar surface area (TPSA) is 84.2 Å². The zero-order valence-corrected chi connectivity index (χ0v) is 13.6. The summed E-state index contributed by atoms with van der Waals surface area (Å²) >= 11 is 0. The molecule has 0 saturated heterocycles. The second-order valence-corrected chi connectivity index (χ2v) is 5.64. The van der Waals surface area contributed by atoms with Gasteiger partial charge in [0.15, 0.2) is 11.7 Å². The SMILES string of the molecule is Cc1ccc(-n2ccc(C(=O)NC(C(=O)O)c3ccccc3)n2)cc1. The minimum atomic E-state index is -1.13. The lowest BCUT2D eigenvalue weighted by molar-refractivity contribution is -0.139. The highest BCUT2D eigenvalue weighted by Crippen LogP contribution is 2.14. The molecule has 0 radical (unpaired) electrons. The highest BCUT2D eigenvalue weighted by molar-refractivity contribution is 5.95. The van der Waals surface area contributed by atoms with E-state index < -0.39 is 17.9 Å². The van der Waals surface area contributed by atoms with Crippen molar-refractivity contribution in [3.05, 3.63) is 83.7 Å².